The number of nitrogens with one attached hydrogen (secondary N) is 2. The van der Waals surface area contributed by atoms with E-state index in [9.17, 15) is 18.0 Å². The van der Waals surface area contributed by atoms with E-state index in [1.165, 1.54) is 17.0 Å². The zero-order valence-corrected chi connectivity index (χ0v) is 16.9. The van der Waals surface area contributed by atoms with E-state index >= 15 is 0 Å². The highest BCUT2D eigenvalue weighted by Gasteiger charge is 2.28. The summed E-state index contributed by atoms with van der Waals surface area (Å²) in [5.74, 6) is -0.266. The molecule has 0 bridgehead atoms. The number of nitrogens with zero attached hydrogens (tertiary/aromatic N) is 2. The van der Waals surface area contributed by atoms with Crippen LogP contribution in [0.15, 0.2) is 29.2 Å². The minimum Gasteiger partial charge on any atom is -0.331 e. The van der Waals surface area contributed by atoms with Crippen molar-refractivity contribution in [3.63, 3.8) is 0 Å². The van der Waals surface area contributed by atoms with Crippen LogP contribution in [0.2, 0.25) is 0 Å². The minimum atomic E-state index is -3.51. The highest BCUT2D eigenvalue weighted by molar-refractivity contribution is 7.89. The first-order chi connectivity index (χ1) is 12.7. The summed E-state index contributed by atoms with van der Waals surface area (Å²) in [7, 11) is -0.0915. The fourth-order valence-corrected chi connectivity index (χ4v) is 4.03. The first-order valence-corrected chi connectivity index (χ1v) is 10.6. The number of benzene rings is 1. The fourth-order valence-electron chi connectivity index (χ4n) is 2.90. The zero-order valence-electron chi connectivity index (χ0n) is 16.1. The Balaban J connectivity index is 1.90. The molecule has 1 saturated heterocycles. The molecule has 0 atom stereocenters. The number of rotatable bonds is 6. The van der Waals surface area contributed by atoms with Crippen LogP contribution in [0.4, 0.5) is 10.5 Å². The quantitative estimate of drug-likeness (QED) is 0.765. The van der Waals surface area contributed by atoms with E-state index in [1.54, 1.807) is 31.1 Å². The van der Waals surface area contributed by atoms with Crippen molar-refractivity contribution in [2.45, 2.75) is 31.1 Å². The molecule has 27 heavy (non-hydrogen) atoms. The molecule has 150 valence electrons. The van der Waals surface area contributed by atoms with E-state index < -0.39 is 10.0 Å². The topological polar surface area (TPSA) is 98.8 Å². The molecule has 1 aromatic rings. The molecule has 0 aromatic heterocycles. The van der Waals surface area contributed by atoms with Crippen LogP contribution in [-0.2, 0) is 14.8 Å². The first kappa shape index (κ1) is 21.2. The molecule has 1 fully saturated rings. The maximum absolute atomic E-state index is 12.4. The van der Waals surface area contributed by atoms with Crippen molar-refractivity contribution < 1.29 is 18.0 Å². The number of carbonyl (C=O) groups excluding carboxylic acids is 2. The maximum atomic E-state index is 12.4. The SMILES string of the molecule is CCCNS(=O)(=O)c1ccc(NC(=O)C2CCN(C(=O)N(C)C)CC2)cc1. The van der Waals surface area contributed by atoms with Crippen molar-refractivity contribution in [1.82, 2.24) is 14.5 Å². The summed E-state index contributed by atoms with van der Waals surface area (Å²) in [6, 6.07) is 6.09. The van der Waals surface area contributed by atoms with E-state index in [0.717, 1.165) is 0 Å². The van der Waals surface area contributed by atoms with Crippen LogP contribution in [0.5, 0.6) is 0 Å². The number of urea groups is 1. The molecule has 0 aliphatic carbocycles. The molecule has 1 aromatic carbocycles. The van der Waals surface area contributed by atoms with Crippen LogP contribution in [0.1, 0.15) is 26.2 Å². The smallest absolute Gasteiger partial charge is 0.319 e. The van der Waals surface area contributed by atoms with Crippen LogP contribution < -0.4 is 10.0 Å². The van der Waals surface area contributed by atoms with E-state index in [1.807, 2.05) is 6.92 Å². The highest BCUT2D eigenvalue weighted by Crippen LogP contribution is 2.21. The van der Waals surface area contributed by atoms with E-state index in [0.29, 0.717) is 44.6 Å². The Morgan fingerprint density at radius 2 is 1.74 bits per heavy atom. The average Bonchev–Trinajstić information content (AvgIpc) is 2.66. The Labute approximate surface area is 161 Å². The second-order valence-corrected chi connectivity index (χ2v) is 8.62. The molecule has 0 radical (unpaired) electrons. The molecular weight excluding hydrogens is 368 g/mol. The summed E-state index contributed by atoms with van der Waals surface area (Å²) >= 11 is 0. The number of piperidine rings is 1. The molecular formula is C18H28N4O4S. The minimum absolute atomic E-state index is 0.0395. The third kappa shape index (κ3) is 5.67. The van der Waals surface area contributed by atoms with Crippen LogP contribution in [-0.4, -0.2) is 63.9 Å². The summed E-state index contributed by atoms with van der Waals surface area (Å²) < 4.78 is 26.7. The van der Waals surface area contributed by atoms with E-state index in [4.69, 9.17) is 0 Å². The molecule has 1 aliphatic rings. The van der Waals surface area contributed by atoms with Gasteiger partial charge >= 0.3 is 6.03 Å². The molecule has 8 nitrogen and oxygen atoms in total. The predicted octanol–water partition coefficient (Wildman–Crippen LogP) is 1.71. The Bertz CT molecular complexity index is 754. The summed E-state index contributed by atoms with van der Waals surface area (Å²) in [5, 5.41) is 2.83. The van der Waals surface area contributed by atoms with Gasteiger partial charge in [-0.3, -0.25) is 4.79 Å². The molecule has 1 heterocycles. The van der Waals surface area contributed by atoms with Gasteiger partial charge in [0.1, 0.15) is 0 Å². The highest BCUT2D eigenvalue weighted by atomic mass is 32.2. The number of hydrogen-bond donors (Lipinski definition) is 2. The van der Waals surface area contributed by atoms with Gasteiger partial charge in [-0.15, -0.1) is 0 Å². The summed E-state index contributed by atoms with van der Waals surface area (Å²) in [4.78, 5) is 27.8. The molecule has 3 amide bonds. The molecule has 0 spiro atoms. The molecule has 9 heteroatoms. The van der Waals surface area contributed by atoms with Gasteiger partial charge in [0.05, 0.1) is 4.90 Å². The molecule has 2 rings (SSSR count). The van der Waals surface area contributed by atoms with Gasteiger partial charge in [-0.25, -0.2) is 17.9 Å². The second kappa shape index (κ2) is 9.18. The number of amides is 3. The number of hydrogen-bond acceptors (Lipinski definition) is 4. The average molecular weight is 397 g/mol. The van der Waals surface area contributed by atoms with Gasteiger partial charge in [-0.05, 0) is 43.5 Å². The van der Waals surface area contributed by atoms with Crippen molar-refractivity contribution in [2.75, 3.05) is 39.0 Å². The van der Waals surface area contributed by atoms with Gasteiger partial charge in [0.15, 0.2) is 0 Å². The fraction of sp³-hybridized carbons (Fsp3) is 0.556. The largest absolute Gasteiger partial charge is 0.331 e. The molecule has 0 unspecified atom stereocenters. The lowest BCUT2D eigenvalue weighted by Crippen LogP contribution is -2.45. The Kier molecular flexibility index (Phi) is 7.20. The lowest BCUT2D eigenvalue weighted by molar-refractivity contribution is -0.121. The Hall–Kier alpha value is -2.13. The summed E-state index contributed by atoms with van der Waals surface area (Å²) in [6.45, 7) is 3.38. The van der Waals surface area contributed by atoms with Gasteiger partial charge in [-0.2, -0.15) is 0 Å². The van der Waals surface area contributed by atoms with Crippen LogP contribution in [0.25, 0.3) is 0 Å². The van der Waals surface area contributed by atoms with Crippen LogP contribution >= 0.6 is 0 Å². The summed E-state index contributed by atoms with van der Waals surface area (Å²) in [5.41, 5.74) is 0.557. The Morgan fingerprint density at radius 3 is 2.26 bits per heavy atom. The van der Waals surface area contributed by atoms with Crippen LogP contribution in [0.3, 0.4) is 0 Å². The van der Waals surface area contributed by atoms with E-state index in [2.05, 4.69) is 10.0 Å². The van der Waals surface area contributed by atoms with E-state index in [-0.39, 0.29) is 22.8 Å². The van der Waals surface area contributed by atoms with Gasteiger partial charge in [0.2, 0.25) is 15.9 Å². The van der Waals surface area contributed by atoms with Crippen LogP contribution in [0, 0.1) is 5.92 Å². The second-order valence-electron chi connectivity index (χ2n) is 6.85. The monoisotopic (exact) mass is 396 g/mol. The van der Waals surface area contributed by atoms with Crippen molar-refractivity contribution in [2.24, 2.45) is 5.92 Å². The number of carbonyl (C=O) groups is 2. The molecule has 1 aliphatic heterocycles. The number of likely N-dealkylation sites (tertiary alicyclic amines) is 1. The van der Waals surface area contributed by atoms with Gasteiger partial charge in [0, 0.05) is 45.3 Å². The number of anilines is 1. The normalized spacial score (nSPS) is 15.4. The first-order valence-electron chi connectivity index (χ1n) is 9.11. The third-order valence-electron chi connectivity index (χ3n) is 4.49. The van der Waals surface area contributed by atoms with Gasteiger partial charge in [0.25, 0.3) is 0 Å². The van der Waals surface area contributed by atoms with Crippen molar-refractivity contribution in [3.8, 4) is 0 Å². The zero-order chi connectivity index (χ0) is 20.0. The van der Waals surface area contributed by atoms with Gasteiger partial charge < -0.3 is 15.1 Å². The lowest BCUT2D eigenvalue weighted by atomic mass is 9.96. The lowest BCUT2D eigenvalue weighted by Gasteiger charge is -2.33. The third-order valence-corrected chi connectivity index (χ3v) is 5.97. The maximum Gasteiger partial charge on any atom is 0.319 e. The van der Waals surface area contributed by atoms with Gasteiger partial charge in [-0.1, -0.05) is 6.92 Å². The predicted molar refractivity (Wildman–Crippen MR) is 104 cm³/mol. The molecule has 2 N–H and O–H groups in total. The number of sulfonamides is 1. The summed E-state index contributed by atoms with van der Waals surface area (Å²) in [6.07, 6.45) is 1.93. The Morgan fingerprint density at radius 1 is 1.15 bits per heavy atom. The standard InChI is InChI=1S/C18H28N4O4S/c1-4-11-19-27(25,26)16-7-5-15(6-8-16)20-17(23)14-9-12-22(13-10-14)18(24)21(2)3/h5-8,14,19H,4,9-13H2,1-3H3,(H,20,23). The molecule has 0 saturated carbocycles. The van der Waals surface area contributed by atoms with Crippen molar-refractivity contribution >= 4 is 27.6 Å². The van der Waals surface area contributed by atoms with Crippen molar-refractivity contribution in [1.29, 1.82) is 0 Å². The van der Waals surface area contributed by atoms with Crippen molar-refractivity contribution in [3.05, 3.63) is 24.3 Å².